The second kappa shape index (κ2) is 5.77. The Bertz CT molecular complexity index is 665. The topological polar surface area (TPSA) is 87.2 Å². The maximum Gasteiger partial charge on any atom is 0.243 e. The van der Waals surface area contributed by atoms with Crippen molar-refractivity contribution in [3.63, 3.8) is 0 Å². The molecule has 1 rings (SSSR count). The van der Waals surface area contributed by atoms with Crippen LogP contribution in [0.25, 0.3) is 0 Å². The van der Waals surface area contributed by atoms with Gasteiger partial charge in [0.1, 0.15) is 5.82 Å². The van der Waals surface area contributed by atoms with Crippen LogP contribution in [0.15, 0.2) is 11.0 Å². The fourth-order valence-electron chi connectivity index (χ4n) is 1.97. The van der Waals surface area contributed by atoms with Crippen LogP contribution in [0.4, 0.5) is 10.1 Å². The predicted molar refractivity (Wildman–Crippen MR) is 74.9 cm³/mol. The number of nitrogen functional groups attached to an aromatic ring is 1. The number of benzene rings is 1. The molecule has 1 aromatic rings. The van der Waals surface area contributed by atoms with Crippen LogP contribution in [0.5, 0.6) is 0 Å². The predicted octanol–water partition coefficient (Wildman–Crippen LogP) is 1.95. The molecule has 20 heavy (non-hydrogen) atoms. The lowest BCUT2D eigenvalue weighted by Crippen LogP contribution is -2.35. The van der Waals surface area contributed by atoms with Gasteiger partial charge in [0.2, 0.25) is 10.0 Å². The summed E-state index contributed by atoms with van der Waals surface area (Å²) in [6.07, 6.45) is 0.0739. The molecular weight excluding hydrogens is 281 g/mol. The molecule has 1 aromatic carbocycles. The highest BCUT2D eigenvalue weighted by molar-refractivity contribution is 7.89. The lowest BCUT2D eigenvalue weighted by Gasteiger charge is -2.24. The Morgan fingerprint density at radius 2 is 2.05 bits per heavy atom. The van der Waals surface area contributed by atoms with Crippen LogP contribution in [0.3, 0.4) is 0 Å². The van der Waals surface area contributed by atoms with Crippen molar-refractivity contribution in [2.45, 2.75) is 38.1 Å². The van der Waals surface area contributed by atoms with Gasteiger partial charge in [-0.2, -0.15) is 9.57 Å². The molecule has 110 valence electrons. The van der Waals surface area contributed by atoms with Crippen molar-refractivity contribution in [3.8, 4) is 6.07 Å². The molecule has 0 aliphatic carbocycles. The van der Waals surface area contributed by atoms with E-state index in [4.69, 9.17) is 11.0 Å². The van der Waals surface area contributed by atoms with Crippen LogP contribution >= 0.6 is 0 Å². The molecular formula is C13H18FN3O2S. The molecule has 1 unspecified atom stereocenters. The van der Waals surface area contributed by atoms with Crippen LogP contribution in [-0.2, 0) is 10.0 Å². The van der Waals surface area contributed by atoms with Crippen molar-refractivity contribution >= 4 is 15.7 Å². The zero-order valence-electron chi connectivity index (χ0n) is 11.9. The van der Waals surface area contributed by atoms with E-state index < -0.39 is 21.9 Å². The zero-order valence-corrected chi connectivity index (χ0v) is 12.8. The average molecular weight is 299 g/mol. The number of hydrogen-bond acceptors (Lipinski definition) is 4. The van der Waals surface area contributed by atoms with E-state index in [2.05, 4.69) is 0 Å². The molecule has 0 saturated carbocycles. The second-order valence-corrected chi connectivity index (χ2v) is 6.71. The highest BCUT2D eigenvalue weighted by Gasteiger charge is 2.29. The summed E-state index contributed by atoms with van der Waals surface area (Å²) in [6, 6.07) is 2.56. The van der Waals surface area contributed by atoms with Crippen LogP contribution in [0.2, 0.25) is 0 Å². The lowest BCUT2D eigenvalue weighted by atomic mass is 10.1. The summed E-state index contributed by atoms with van der Waals surface area (Å²) < 4.78 is 39.8. The summed E-state index contributed by atoms with van der Waals surface area (Å²) in [5.74, 6) is -0.633. The molecule has 0 aromatic heterocycles. The van der Waals surface area contributed by atoms with Gasteiger partial charge in [-0.15, -0.1) is 0 Å². The number of anilines is 1. The van der Waals surface area contributed by atoms with E-state index in [9.17, 15) is 12.8 Å². The van der Waals surface area contributed by atoms with Gasteiger partial charge in [0.15, 0.2) is 0 Å². The molecule has 2 N–H and O–H groups in total. The SMILES string of the molecule is Cc1cc(F)c(N)c(C)c1S(=O)(=O)N(C)C(C)CC#N. The monoisotopic (exact) mass is 299 g/mol. The first-order valence-corrected chi connectivity index (χ1v) is 7.48. The summed E-state index contributed by atoms with van der Waals surface area (Å²) in [4.78, 5) is 0.00342. The van der Waals surface area contributed by atoms with Crippen LogP contribution < -0.4 is 5.73 Å². The summed E-state index contributed by atoms with van der Waals surface area (Å²) in [7, 11) is -2.43. The Balaban J connectivity index is 3.45. The zero-order chi connectivity index (χ0) is 15.7. The molecule has 0 amide bonds. The third-order valence-corrected chi connectivity index (χ3v) is 5.61. The molecule has 0 bridgehead atoms. The summed E-state index contributed by atoms with van der Waals surface area (Å²) in [5, 5.41) is 8.67. The third kappa shape index (κ3) is 2.76. The van der Waals surface area contributed by atoms with Crippen molar-refractivity contribution < 1.29 is 12.8 Å². The Morgan fingerprint density at radius 3 is 2.55 bits per heavy atom. The molecule has 0 heterocycles. The number of nitrogens with two attached hydrogens (primary N) is 1. The summed E-state index contributed by atoms with van der Waals surface area (Å²) >= 11 is 0. The number of rotatable bonds is 4. The number of halogens is 1. The van der Waals surface area contributed by atoms with Gasteiger partial charge in [-0.3, -0.25) is 0 Å². The Hall–Kier alpha value is -1.65. The quantitative estimate of drug-likeness (QED) is 0.861. The Labute approximate surface area is 118 Å². The van der Waals surface area contributed by atoms with Gasteiger partial charge in [-0.1, -0.05) is 0 Å². The first-order valence-electron chi connectivity index (χ1n) is 6.04. The third-order valence-electron chi connectivity index (χ3n) is 3.35. The van der Waals surface area contributed by atoms with Crippen molar-refractivity contribution in [2.24, 2.45) is 0 Å². The number of nitrogens with zero attached hydrogens (tertiary/aromatic N) is 2. The summed E-state index contributed by atoms with van der Waals surface area (Å²) in [5.41, 5.74) is 5.89. The fourth-order valence-corrected chi connectivity index (χ4v) is 3.77. The van der Waals surface area contributed by atoms with E-state index in [0.717, 1.165) is 10.4 Å². The number of nitriles is 1. The highest BCUT2D eigenvalue weighted by atomic mass is 32.2. The van der Waals surface area contributed by atoms with E-state index in [1.165, 1.54) is 20.9 Å². The molecule has 0 spiro atoms. The van der Waals surface area contributed by atoms with Crippen LogP contribution in [0.1, 0.15) is 24.5 Å². The van der Waals surface area contributed by atoms with Gasteiger partial charge < -0.3 is 5.73 Å². The minimum atomic E-state index is -3.83. The fraction of sp³-hybridized carbons (Fsp3) is 0.462. The molecule has 0 saturated heterocycles. The molecule has 0 aliphatic heterocycles. The number of hydrogen-bond donors (Lipinski definition) is 1. The van der Waals surface area contributed by atoms with Crippen LogP contribution in [-0.4, -0.2) is 25.8 Å². The molecule has 7 heteroatoms. The maximum atomic E-state index is 13.5. The van der Waals surface area contributed by atoms with Crippen molar-refractivity contribution in [1.82, 2.24) is 4.31 Å². The van der Waals surface area contributed by atoms with Gasteiger partial charge in [0.25, 0.3) is 0 Å². The largest absolute Gasteiger partial charge is 0.396 e. The van der Waals surface area contributed by atoms with E-state index in [1.807, 2.05) is 6.07 Å². The van der Waals surface area contributed by atoms with Crippen molar-refractivity contribution in [1.29, 1.82) is 5.26 Å². The first-order chi connectivity index (χ1) is 9.14. The van der Waals surface area contributed by atoms with Gasteiger partial charge in [0, 0.05) is 13.1 Å². The van der Waals surface area contributed by atoms with E-state index in [-0.39, 0.29) is 22.6 Å². The molecule has 0 aliphatic rings. The lowest BCUT2D eigenvalue weighted by molar-refractivity contribution is 0.392. The number of sulfonamides is 1. The maximum absolute atomic E-state index is 13.5. The first kappa shape index (κ1) is 16.4. The minimum Gasteiger partial charge on any atom is -0.396 e. The van der Waals surface area contributed by atoms with E-state index in [1.54, 1.807) is 6.92 Å². The normalized spacial score (nSPS) is 13.2. The van der Waals surface area contributed by atoms with Crippen molar-refractivity contribution in [3.05, 3.63) is 23.0 Å². The standard InChI is InChI=1S/C13H18FN3O2S/c1-8-7-11(14)12(16)10(3)13(8)20(18,19)17(4)9(2)5-6-15/h7,9H,5,16H2,1-4H3. The molecule has 1 atom stereocenters. The molecule has 0 radical (unpaired) electrons. The van der Waals surface area contributed by atoms with Gasteiger partial charge in [0.05, 0.1) is 23.1 Å². The highest BCUT2D eigenvalue weighted by Crippen LogP contribution is 2.30. The molecule has 0 fully saturated rings. The van der Waals surface area contributed by atoms with Gasteiger partial charge in [-0.25, -0.2) is 12.8 Å². The second-order valence-electron chi connectivity index (χ2n) is 4.78. The van der Waals surface area contributed by atoms with Gasteiger partial charge >= 0.3 is 0 Å². The van der Waals surface area contributed by atoms with E-state index in [0.29, 0.717) is 5.56 Å². The smallest absolute Gasteiger partial charge is 0.243 e. The minimum absolute atomic E-state index is 0.00342. The van der Waals surface area contributed by atoms with Gasteiger partial charge in [-0.05, 0) is 38.0 Å². The summed E-state index contributed by atoms with van der Waals surface area (Å²) in [6.45, 7) is 4.63. The Morgan fingerprint density at radius 1 is 1.50 bits per heavy atom. The number of aryl methyl sites for hydroxylation is 1. The molecule has 5 nitrogen and oxygen atoms in total. The Kier molecular flexibility index (Phi) is 4.73. The van der Waals surface area contributed by atoms with Crippen molar-refractivity contribution in [2.75, 3.05) is 12.8 Å². The van der Waals surface area contributed by atoms with Crippen LogP contribution in [0, 0.1) is 31.0 Å². The average Bonchev–Trinajstić information content (AvgIpc) is 2.35. The van der Waals surface area contributed by atoms with E-state index >= 15 is 0 Å².